The molecule has 0 spiro atoms. The topological polar surface area (TPSA) is 81.4 Å². The van der Waals surface area contributed by atoms with Crippen LogP contribution in [0.2, 0.25) is 0 Å². The number of hydrogen-bond donors (Lipinski definition) is 2. The summed E-state index contributed by atoms with van der Waals surface area (Å²) in [7, 11) is -3.26. The minimum absolute atomic E-state index is 0. The van der Waals surface area contributed by atoms with Gasteiger partial charge in [0.1, 0.15) is 0 Å². The number of nitrogens with two attached hydrogens (primary N) is 1. The lowest BCUT2D eigenvalue weighted by Crippen LogP contribution is -2.52. The molecule has 0 aromatic rings. The maximum atomic E-state index is 11.8. The van der Waals surface area contributed by atoms with Crippen molar-refractivity contribution in [2.45, 2.75) is 38.1 Å². The van der Waals surface area contributed by atoms with Gasteiger partial charge in [-0.3, -0.25) is 0 Å². The van der Waals surface area contributed by atoms with Crippen LogP contribution >= 0.6 is 12.4 Å². The molecule has 1 fully saturated rings. The van der Waals surface area contributed by atoms with E-state index in [2.05, 4.69) is 4.72 Å². The van der Waals surface area contributed by atoms with Crippen molar-refractivity contribution >= 4 is 22.4 Å². The van der Waals surface area contributed by atoms with Gasteiger partial charge in [-0.05, 0) is 19.8 Å². The standard InChI is InChI=1S/C10H22N2O3S.ClH/c1-2-15-7-8-16(13,14)12-10(9-11)5-3-4-6-10;/h12H,2-9,11H2,1H3;1H. The predicted molar refractivity (Wildman–Crippen MR) is 70.9 cm³/mol. The Morgan fingerprint density at radius 1 is 1.35 bits per heavy atom. The molecule has 5 nitrogen and oxygen atoms in total. The highest BCUT2D eigenvalue weighted by atomic mass is 35.5. The summed E-state index contributed by atoms with van der Waals surface area (Å²) in [4.78, 5) is 0. The highest BCUT2D eigenvalue weighted by Crippen LogP contribution is 2.29. The third-order valence-corrected chi connectivity index (χ3v) is 4.47. The zero-order valence-electron chi connectivity index (χ0n) is 10.3. The minimum Gasteiger partial charge on any atom is -0.381 e. The summed E-state index contributed by atoms with van der Waals surface area (Å²) >= 11 is 0. The van der Waals surface area contributed by atoms with Crippen LogP contribution in [0.15, 0.2) is 0 Å². The first-order valence-corrected chi connectivity index (χ1v) is 7.48. The Hall–Kier alpha value is 0.120. The summed E-state index contributed by atoms with van der Waals surface area (Å²) in [5.74, 6) is 0.0165. The number of ether oxygens (including phenoxy) is 1. The molecular weight excluding hydrogens is 264 g/mol. The fraction of sp³-hybridized carbons (Fsp3) is 1.00. The van der Waals surface area contributed by atoms with Gasteiger partial charge < -0.3 is 10.5 Å². The van der Waals surface area contributed by atoms with E-state index in [1.807, 2.05) is 6.92 Å². The van der Waals surface area contributed by atoms with Crippen molar-refractivity contribution in [1.82, 2.24) is 4.72 Å². The zero-order chi connectivity index (χ0) is 12.1. The Balaban J connectivity index is 0.00000256. The quantitative estimate of drug-likeness (QED) is 0.673. The second-order valence-corrected chi connectivity index (χ2v) is 6.15. The molecule has 1 aliphatic rings. The van der Waals surface area contributed by atoms with Crippen LogP contribution in [0.5, 0.6) is 0 Å². The van der Waals surface area contributed by atoms with E-state index in [0.29, 0.717) is 13.2 Å². The lowest BCUT2D eigenvalue weighted by atomic mass is 10.0. The SMILES string of the molecule is CCOCCS(=O)(=O)NC1(CN)CCCC1.Cl. The zero-order valence-corrected chi connectivity index (χ0v) is 11.9. The molecule has 3 N–H and O–H groups in total. The van der Waals surface area contributed by atoms with Crippen LogP contribution < -0.4 is 10.5 Å². The maximum Gasteiger partial charge on any atom is 0.214 e. The molecule has 0 radical (unpaired) electrons. The lowest BCUT2D eigenvalue weighted by molar-refractivity contribution is 0.163. The van der Waals surface area contributed by atoms with Gasteiger partial charge >= 0.3 is 0 Å². The van der Waals surface area contributed by atoms with Crippen LogP contribution in [-0.4, -0.2) is 39.5 Å². The summed E-state index contributed by atoms with van der Waals surface area (Å²) in [6.07, 6.45) is 3.78. The van der Waals surface area contributed by atoms with Crippen LogP contribution in [-0.2, 0) is 14.8 Å². The molecule has 0 amide bonds. The van der Waals surface area contributed by atoms with Crippen molar-refractivity contribution in [2.24, 2.45) is 5.73 Å². The van der Waals surface area contributed by atoms with E-state index >= 15 is 0 Å². The summed E-state index contributed by atoms with van der Waals surface area (Å²) in [6.45, 7) is 3.00. The number of rotatable bonds is 7. The molecule has 0 atom stereocenters. The Morgan fingerprint density at radius 3 is 2.41 bits per heavy atom. The molecule has 104 valence electrons. The van der Waals surface area contributed by atoms with Gasteiger partial charge in [-0.2, -0.15) is 0 Å². The van der Waals surface area contributed by atoms with Crippen molar-refractivity contribution in [1.29, 1.82) is 0 Å². The first-order valence-electron chi connectivity index (χ1n) is 5.83. The molecule has 17 heavy (non-hydrogen) atoms. The Morgan fingerprint density at radius 2 is 1.94 bits per heavy atom. The summed E-state index contributed by atoms with van der Waals surface area (Å²) in [6, 6.07) is 0. The Bertz CT molecular complexity index is 303. The molecule has 7 heteroatoms. The van der Waals surface area contributed by atoms with Crippen molar-refractivity contribution in [2.75, 3.05) is 25.5 Å². The van der Waals surface area contributed by atoms with E-state index in [1.165, 1.54) is 0 Å². The smallest absolute Gasteiger partial charge is 0.214 e. The van der Waals surface area contributed by atoms with Crippen LogP contribution in [0.25, 0.3) is 0 Å². The lowest BCUT2D eigenvalue weighted by Gasteiger charge is -2.28. The highest BCUT2D eigenvalue weighted by molar-refractivity contribution is 7.89. The number of nitrogens with one attached hydrogen (secondary N) is 1. The molecular formula is C10H23ClN2O3S. The van der Waals surface area contributed by atoms with Gasteiger partial charge in [-0.25, -0.2) is 13.1 Å². The third-order valence-electron chi connectivity index (χ3n) is 3.02. The largest absolute Gasteiger partial charge is 0.381 e. The van der Waals surface area contributed by atoms with Crippen LogP contribution in [0.3, 0.4) is 0 Å². The van der Waals surface area contributed by atoms with Crippen molar-refractivity contribution in [3.8, 4) is 0 Å². The van der Waals surface area contributed by atoms with E-state index in [1.54, 1.807) is 0 Å². The number of halogens is 1. The van der Waals surface area contributed by atoms with E-state index in [4.69, 9.17) is 10.5 Å². The van der Waals surface area contributed by atoms with Crippen molar-refractivity contribution in [3.63, 3.8) is 0 Å². The van der Waals surface area contributed by atoms with Gasteiger partial charge in [0.25, 0.3) is 0 Å². The van der Waals surface area contributed by atoms with Gasteiger partial charge in [-0.1, -0.05) is 12.8 Å². The van der Waals surface area contributed by atoms with Crippen molar-refractivity contribution < 1.29 is 13.2 Å². The molecule has 1 aliphatic carbocycles. The fourth-order valence-corrected chi connectivity index (χ4v) is 3.48. The minimum atomic E-state index is -3.26. The summed E-state index contributed by atoms with van der Waals surface area (Å²) in [5, 5.41) is 0. The first kappa shape index (κ1) is 17.1. The monoisotopic (exact) mass is 286 g/mol. The Labute approximate surface area is 110 Å². The van der Waals surface area contributed by atoms with Crippen molar-refractivity contribution in [3.05, 3.63) is 0 Å². The first-order chi connectivity index (χ1) is 7.54. The third kappa shape index (κ3) is 5.52. The Kier molecular flexibility index (Phi) is 7.58. The van der Waals surface area contributed by atoms with E-state index in [9.17, 15) is 8.42 Å². The number of hydrogen-bond acceptors (Lipinski definition) is 4. The maximum absolute atomic E-state index is 11.8. The molecule has 1 rings (SSSR count). The van der Waals surface area contributed by atoms with E-state index < -0.39 is 15.6 Å². The van der Waals surface area contributed by atoms with Gasteiger partial charge in [0.15, 0.2) is 0 Å². The second-order valence-electron chi connectivity index (χ2n) is 4.31. The van der Waals surface area contributed by atoms with E-state index in [0.717, 1.165) is 25.7 Å². The van der Waals surface area contributed by atoms with Gasteiger partial charge in [-0.15, -0.1) is 12.4 Å². The van der Waals surface area contributed by atoms with Crippen LogP contribution in [0.1, 0.15) is 32.6 Å². The predicted octanol–water partition coefficient (Wildman–Crippen LogP) is 0.636. The number of sulfonamides is 1. The normalized spacial score (nSPS) is 18.9. The molecule has 1 saturated carbocycles. The average Bonchev–Trinajstić information content (AvgIpc) is 2.66. The van der Waals surface area contributed by atoms with Gasteiger partial charge in [0, 0.05) is 18.7 Å². The molecule has 0 unspecified atom stereocenters. The van der Waals surface area contributed by atoms with Crippen LogP contribution in [0.4, 0.5) is 0 Å². The highest BCUT2D eigenvalue weighted by Gasteiger charge is 2.35. The molecule has 0 aromatic carbocycles. The summed E-state index contributed by atoms with van der Waals surface area (Å²) in [5.41, 5.74) is 5.27. The molecule has 0 bridgehead atoms. The van der Waals surface area contributed by atoms with E-state index in [-0.39, 0.29) is 24.8 Å². The molecule has 0 saturated heterocycles. The van der Waals surface area contributed by atoms with Gasteiger partial charge in [0.2, 0.25) is 10.0 Å². The molecule has 0 aliphatic heterocycles. The molecule has 0 aromatic heterocycles. The average molecular weight is 287 g/mol. The fourth-order valence-electron chi connectivity index (χ4n) is 2.09. The van der Waals surface area contributed by atoms with Crippen LogP contribution in [0, 0.1) is 0 Å². The summed E-state index contributed by atoms with van der Waals surface area (Å²) < 4.78 is 31.4. The second kappa shape index (κ2) is 7.53. The van der Waals surface area contributed by atoms with Gasteiger partial charge in [0.05, 0.1) is 12.4 Å². The molecule has 0 heterocycles.